The van der Waals surface area contributed by atoms with E-state index in [2.05, 4.69) is 9.72 Å². The molecule has 0 N–H and O–H groups in total. The van der Waals surface area contributed by atoms with Crippen LogP contribution in [0, 0.1) is 5.82 Å². The molecule has 0 aliphatic rings. The minimum atomic E-state index is -4.91. The zero-order valence-electron chi connectivity index (χ0n) is 9.82. The number of carbonyl (C=O) groups excluding carboxylic acids is 1. The second-order valence-electron chi connectivity index (χ2n) is 3.76. The Balaban J connectivity index is 2.36. The highest BCUT2D eigenvalue weighted by atomic mass is 19.4. The number of ketones is 1. The van der Waals surface area contributed by atoms with E-state index in [-0.39, 0.29) is 5.56 Å². The fourth-order valence-electron chi connectivity index (χ4n) is 1.53. The molecule has 0 bridgehead atoms. The number of alkyl halides is 3. The van der Waals surface area contributed by atoms with E-state index in [1.807, 2.05) is 0 Å². The van der Waals surface area contributed by atoms with E-state index in [1.54, 1.807) is 0 Å². The van der Waals surface area contributed by atoms with Gasteiger partial charge in [0, 0.05) is 18.0 Å². The number of hydrogen-bond acceptors (Lipinski definition) is 3. The lowest BCUT2D eigenvalue weighted by Crippen LogP contribution is -2.17. The normalized spacial score (nSPS) is 11.2. The molecule has 0 saturated carbocycles. The highest BCUT2D eigenvalue weighted by Gasteiger charge is 2.31. The van der Waals surface area contributed by atoms with E-state index in [9.17, 15) is 22.4 Å². The van der Waals surface area contributed by atoms with Gasteiger partial charge in [-0.3, -0.25) is 9.78 Å². The van der Waals surface area contributed by atoms with Gasteiger partial charge in [-0.1, -0.05) is 0 Å². The van der Waals surface area contributed by atoms with Crippen molar-refractivity contribution in [1.29, 1.82) is 0 Å². The van der Waals surface area contributed by atoms with Crippen LogP contribution in [0.4, 0.5) is 17.6 Å². The molecule has 2 rings (SSSR count). The predicted octanol–water partition coefficient (Wildman–Crippen LogP) is 3.35. The van der Waals surface area contributed by atoms with Gasteiger partial charge in [0.2, 0.25) is 0 Å². The van der Waals surface area contributed by atoms with Crippen LogP contribution in [0.15, 0.2) is 42.7 Å². The highest BCUT2D eigenvalue weighted by Crippen LogP contribution is 2.25. The van der Waals surface area contributed by atoms with Crippen LogP contribution in [0.2, 0.25) is 0 Å². The van der Waals surface area contributed by atoms with E-state index >= 15 is 0 Å². The number of rotatable bonds is 3. The summed E-state index contributed by atoms with van der Waals surface area (Å²) in [5, 5.41) is 0. The first-order chi connectivity index (χ1) is 9.37. The van der Waals surface area contributed by atoms with Crippen LogP contribution >= 0.6 is 0 Å². The van der Waals surface area contributed by atoms with E-state index in [0.717, 1.165) is 12.1 Å². The van der Waals surface area contributed by atoms with E-state index < -0.39 is 29.3 Å². The Morgan fingerprint density at radius 3 is 2.55 bits per heavy atom. The maximum Gasteiger partial charge on any atom is 0.573 e. The third-order valence-electron chi connectivity index (χ3n) is 2.34. The Morgan fingerprint density at radius 2 is 1.95 bits per heavy atom. The van der Waals surface area contributed by atoms with Crippen molar-refractivity contribution in [3.8, 4) is 5.75 Å². The van der Waals surface area contributed by atoms with E-state index in [4.69, 9.17) is 0 Å². The number of nitrogens with zero attached hydrogens (tertiary/aromatic N) is 1. The summed E-state index contributed by atoms with van der Waals surface area (Å²) in [6.07, 6.45) is -2.30. The van der Waals surface area contributed by atoms with Crippen LogP contribution in [0.25, 0.3) is 0 Å². The molecule has 1 aromatic heterocycles. The highest BCUT2D eigenvalue weighted by molar-refractivity contribution is 6.09. The molecule has 3 nitrogen and oxygen atoms in total. The second kappa shape index (κ2) is 5.28. The number of pyridine rings is 1. The smallest absolute Gasteiger partial charge is 0.406 e. The lowest BCUT2D eigenvalue weighted by Gasteiger charge is -2.10. The third-order valence-corrected chi connectivity index (χ3v) is 2.34. The first-order valence-corrected chi connectivity index (χ1v) is 5.37. The minimum Gasteiger partial charge on any atom is -0.406 e. The first kappa shape index (κ1) is 14.0. The molecule has 1 aromatic carbocycles. The Morgan fingerprint density at radius 1 is 1.20 bits per heavy atom. The number of ether oxygens (including phenoxy) is 1. The minimum absolute atomic E-state index is 0.0653. The van der Waals surface area contributed by atoms with Crippen LogP contribution in [0.1, 0.15) is 15.9 Å². The fourth-order valence-corrected chi connectivity index (χ4v) is 1.53. The van der Waals surface area contributed by atoms with Gasteiger partial charge in [-0.15, -0.1) is 13.2 Å². The number of halogens is 4. The lowest BCUT2D eigenvalue weighted by molar-refractivity contribution is -0.274. The van der Waals surface area contributed by atoms with Gasteiger partial charge in [-0.25, -0.2) is 4.39 Å². The van der Waals surface area contributed by atoms with Crippen molar-refractivity contribution in [2.24, 2.45) is 0 Å². The van der Waals surface area contributed by atoms with Gasteiger partial charge in [-0.05, 0) is 30.3 Å². The molecule has 0 amide bonds. The van der Waals surface area contributed by atoms with Crippen molar-refractivity contribution in [3.63, 3.8) is 0 Å². The van der Waals surface area contributed by atoms with Crippen LogP contribution in [0.3, 0.4) is 0 Å². The molecule has 0 saturated heterocycles. The SMILES string of the molecule is O=C(c1cccnc1)c1cc(OC(F)(F)F)ccc1F. The Bertz CT molecular complexity index is 626. The molecule has 0 unspecified atom stereocenters. The second-order valence-corrected chi connectivity index (χ2v) is 3.76. The topological polar surface area (TPSA) is 39.2 Å². The number of benzene rings is 1. The molecule has 2 aromatic rings. The van der Waals surface area contributed by atoms with E-state index in [0.29, 0.717) is 6.07 Å². The molecule has 20 heavy (non-hydrogen) atoms. The van der Waals surface area contributed by atoms with Crippen molar-refractivity contribution in [2.45, 2.75) is 6.36 Å². The predicted molar refractivity (Wildman–Crippen MR) is 60.8 cm³/mol. The van der Waals surface area contributed by atoms with Crippen LogP contribution in [-0.4, -0.2) is 17.1 Å². The largest absolute Gasteiger partial charge is 0.573 e. The Kier molecular flexibility index (Phi) is 3.69. The van der Waals surface area contributed by atoms with Crippen molar-refractivity contribution in [2.75, 3.05) is 0 Å². The Hall–Kier alpha value is -2.44. The van der Waals surface area contributed by atoms with Gasteiger partial charge in [0.15, 0.2) is 5.78 Å². The molecule has 0 atom stereocenters. The van der Waals surface area contributed by atoms with Crippen molar-refractivity contribution in [1.82, 2.24) is 4.98 Å². The summed E-state index contributed by atoms with van der Waals surface area (Å²) in [6, 6.07) is 5.08. The zero-order valence-corrected chi connectivity index (χ0v) is 9.82. The van der Waals surface area contributed by atoms with Gasteiger partial charge in [0.1, 0.15) is 11.6 Å². The number of hydrogen-bond donors (Lipinski definition) is 0. The fraction of sp³-hybridized carbons (Fsp3) is 0.0769. The first-order valence-electron chi connectivity index (χ1n) is 5.37. The van der Waals surface area contributed by atoms with E-state index in [1.165, 1.54) is 24.5 Å². The van der Waals surface area contributed by atoms with Crippen LogP contribution < -0.4 is 4.74 Å². The van der Waals surface area contributed by atoms with Crippen LogP contribution in [-0.2, 0) is 0 Å². The molecule has 0 aliphatic carbocycles. The summed E-state index contributed by atoms with van der Waals surface area (Å²) in [5.41, 5.74) is -0.449. The summed E-state index contributed by atoms with van der Waals surface area (Å²) >= 11 is 0. The van der Waals surface area contributed by atoms with Crippen LogP contribution in [0.5, 0.6) is 5.75 Å². The average Bonchev–Trinajstić information content (AvgIpc) is 2.40. The van der Waals surface area contributed by atoms with Gasteiger partial charge < -0.3 is 4.74 Å². The van der Waals surface area contributed by atoms with Gasteiger partial charge in [-0.2, -0.15) is 0 Å². The van der Waals surface area contributed by atoms with Crippen molar-refractivity contribution in [3.05, 3.63) is 59.7 Å². The summed E-state index contributed by atoms with van der Waals surface area (Å²) in [4.78, 5) is 15.7. The summed E-state index contributed by atoms with van der Waals surface area (Å²) in [7, 11) is 0. The average molecular weight is 285 g/mol. The molecule has 104 valence electrons. The van der Waals surface area contributed by atoms with Crippen molar-refractivity contribution < 1.29 is 27.1 Å². The Labute approximate surface area is 110 Å². The molecule has 7 heteroatoms. The summed E-state index contributed by atoms with van der Waals surface area (Å²) < 4.78 is 53.5. The summed E-state index contributed by atoms with van der Waals surface area (Å²) in [6.45, 7) is 0. The zero-order chi connectivity index (χ0) is 14.8. The number of aromatic nitrogens is 1. The quantitative estimate of drug-likeness (QED) is 0.641. The summed E-state index contributed by atoms with van der Waals surface area (Å²) in [5.74, 6) is -2.37. The molecule has 1 heterocycles. The standard InChI is InChI=1S/C13H7F4NO2/c14-11-4-3-9(20-13(15,16)17)6-10(11)12(19)8-2-1-5-18-7-8/h1-7H. The van der Waals surface area contributed by atoms with Crippen molar-refractivity contribution >= 4 is 5.78 Å². The number of carbonyl (C=O) groups is 1. The molecule has 0 aliphatic heterocycles. The van der Waals surface area contributed by atoms with Gasteiger partial charge in [0.05, 0.1) is 5.56 Å². The van der Waals surface area contributed by atoms with Gasteiger partial charge >= 0.3 is 6.36 Å². The molecule has 0 radical (unpaired) electrons. The molecule has 0 spiro atoms. The monoisotopic (exact) mass is 285 g/mol. The molecular formula is C13H7F4NO2. The lowest BCUT2D eigenvalue weighted by atomic mass is 10.0. The van der Waals surface area contributed by atoms with Gasteiger partial charge in [0.25, 0.3) is 0 Å². The molecule has 0 fully saturated rings. The maximum atomic E-state index is 13.6. The maximum absolute atomic E-state index is 13.6. The third kappa shape index (κ3) is 3.31. The molecular weight excluding hydrogens is 278 g/mol.